The minimum atomic E-state index is -0.878. The maximum atomic E-state index is 12.6. The Morgan fingerprint density at radius 2 is 1.79 bits per heavy atom. The lowest BCUT2D eigenvalue weighted by Gasteiger charge is -2.39. The number of ether oxygens (including phenoxy) is 1. The van der Waals surface area contributed by atoms with Gasteiger partial charge in [0.25, 0.3) is 0 Å². The van der Waals surface area contributed by atoms with E-state index in [1.54, 1.807) is 0 Å². The summed E-state index contributed by atoms with van der Waals surface area (Å²) in [6, 6.07) is 18.2. The van der Waals surface area contributed by atoms with Crippen LogP contribution in [-0.2, 0) is 17.8 Å². The number of aliphatic hydroxyl groups is 1. The van der Waals surface area contributed by atoms with Crippen molar-refractivity contribution >= 4 is 5.91 Å². The largest absolute Gasteiger partial charge is 0.489 e. The molecule has 3 bridgehead atoms. The lowest BCUT2D eigenvalue weighted by atomic mass is 9.67. The fourth-order valence-corrected chi connectivity index (χ4v) is 7.02. The summed E-state index contributed by atoms with van der Waals surface area (Å²) in [5.74, 6) is 3.15. The quantitative estimate of drug-likeness (QED) is 0.550. The van der Waals surface area contributed by atoms with Crippen LogP contribution in [0.4, 0.5) is 0 Å². The molecule has 3 saturated carbocycles. The molecule has 4 nitrogen and oxygen atoms in total. The summed E-state index contributed by atoms with van der Waals surface area (Å²) in [6.07, 6.45) is 9.70. The van der Waals surface area contributed by atoms with Gasteiger partial charge in [-0.2, -0.15) is 0 Å². The van der Waals surface area contributed by atoms with E-state index in [0.717, 1.165) is 41.1 Å². The van der Waals surface area contributed by atoms with Crippen LogP contribution in [0.2, 0.25) is 0 Å². The van der Waals surface area contributed by atoms with Crippen LogP contribution in [0, 0.1) is 23.2 Å². The maximum Gasteiger partial charge on any atom is 0.248 e. The molecule has 2 aromatic carbocycles. The van der Waals surface area contributed by atoms with E-state index in [4.69, 9.17) is 4.74 Å². The van der Waals surface area contributed by atoms with Crippen molar-refractivity contribution < 1.29 is 14.6 Å². The molecule has 0 heterocycles. The first-order chi connectivity index (χ1) is 16.1. The molecule has 0 aromatic heterocycles. The van der Waals surface area contributed by atoms with E-state index in [0.29, 0.717) is 19.6 Å². The molecule has 0 spiro atoms. The zero-order chi connectivity index (χ0) is 22.7. The Morgan fingerprint density at radius 3 is 2.61 bits per heavy atom. The highest BCUT2D eigenvalue weighted by molar-refractivity contribution is 5.80. The van der Waals surface area contributed by atoms with Crippen LogP contribution >= 0.6 is 0 Å². The number of carbonyl (C=O) groups is 1. The second-order valence-corrected chi connectivity index (χ2v) is 10.8. The summed E-state index contributed by atoms with van der Waals surface area (Å²) >= 11 is 0. The van der Waals surface area contributed by atoms with Gasteiger partial charge in [0.05, 0.1) is 0 Å². The number of rotatable bonds is 9. The Kier molecular flexibility index (Phi) is 6.73. The minimum absolute atomic E-state index is 0.202. The van der Waals surface area contributed by atoms with E-state index >= 15 is 0 Å². The Bertz CT molecular complexity index is 924. The average Bonchev–Trinajstić information content (AvgIpc) is 2.98. The zero-order valence-corrected chi connectivity index (χ0v) is 19.5. The number of benzene rings is 2. The fourth-order valence-electron chi connectivity index (χ4n) is 7.02. The van der Waals surface area contributed by atoms with Crippen molar-refractivity contribution in [2.75, 3.05) is 6.54 Å². The molecule has 176 valence electrons. The van der Waals surface area contributed by atoms with Crippen molar-refractivity contribution in [3.05, 3.63) is 65.7 Å². The maximum absolute atomic E-state index is 12.6. The van der Waals surface area contributed by atoms with Gasteiger partial charge < -0.3 is 15.2 Å². The Balaban J connectivity index is 1.06. The normalized spacial score (nSPS) is 28.8. The molecule has 4 heteroatoms. The van der Waals surface area contributed by atoms with Crippen LogP contribution in [-0.4, -0.2) is 23.7 Å². The molecular formula is C29H37NO3. The van der Waals surface area contributed by atoms with Gasteiger partial charge in [0.2, 0.25) is 5.91 Å². The van der Waals surface area contributed by atoms with Gasteiger partial charge in [-0.3, -0.25) is 4.79 Å². The first-order valence-electron chi connectivity index (χ1n) is 12.8. The smallest absolute Gasteiger partial charge is 0.248 e. The number of hydrogen-bond donors (Lipinski definition) is 2. The van der Waals surface area contributed by atoms with E-state index in [-0.39, 0.29) is 11.3 Å². The first kappa shape index (κ1) is 22.5. The Hall–Kier alpha value is -2.33. The second kappa shape index (κ2) is 9.89. The van der Waals surface area contributed by atoms with Crippen LogP contribution in [0.25, 0.3) is 0 Å². The summed E-state index contributed by atoms with van der Waals surface area (Å²) in [4.78, 5) is 12.6. The van der Waals surface area contributed by atoms with E-state index in [1.807, 2.05) is 42.5 Å². The summed E-state index contributed by atoms with van der Waals surface area (Å²) in [7, 11) is 0. The van der Waals surface area contributed by atoms with Crippen molar-refractivity contribution in [2.24, 2.45) is 23.2 Å². The first-order valence-corrected chi connectivity index (χ1v) is 12.8. The third kappa shape index (κ3) is 5.43. The lowest BCUT2D eigenvalue weighted by Crippen LogP contribution is -2.40. The predicted octanol–water partition coefficient (Wildman–Crippen LogP) is 5.28. The molecule has 2 N–H and O–H groups in total. The molecule has 0 aliphatic heterocycles. The molecule has 0 radical (unpaired) electrons. The molecule has 0 saturated heterocycles. The van der Waals surface area contributed by atoms with Crippen molar-refractivity contribution in [3.8, 4) is 5.75 Å². The summed E-state index contributed by atoms with van der Waals surface area (Å²) < 4.78 is 5.84. The van der Waals surface area contributed by atoms with Gasteiger partial charge in [0, 0.05) is 6.54 Å². The summed E-state index contributed by atoms with van der Waals surface area (Å²) in [5.41, 5.74) is 2.51. The average molecular weight is 448 g/mol. The Morgan fingerprint density at radius 1 is 1.00 bits per heavy atom. The topological polar surface area (TPSA) is 58.6 Å². The molecule has 3 aliphatic rings. The van der Waals surface area contributed by atoms with Crippen molar-refractivity contribution in [2.45, 2.75) is 70.5 Å². The van der Waals surface area contributed by atoms with Gasteiger partial charge in [0.1, 0.15) is 18.5 Å². The summed E-state index contributed by atoms with van der Waals surface area (Å²) in [5, 5.41) is 13.7. The lowest BCUT2D eigenvalue weighted by molar-refractivity contribution is -0.131. The van der Waals surface area contributed by atoms with Crippen LogP contribution in [0.15, 0.2) is 54.6 Å². The third-order valence-corrected chi connectivity index (χ3v) is 8.42. The second-order valence-electron chi connectivity index (χ2n) is 10.8. The van der Waals surface area contributed by atoms with Crippen LogP contribution in [0.3, 0.4) is 0 Å². The number of hydrogen-bond acceptors (Lipinski definition) is 3. The minimum Gasteiger partial charge on any atom is -0.489 e. The number of nitrogens with one attached hydrogen (secondary N) is 1. The highest BCUT2D eigenvalue weighted by atomic mass is 16.5. The highest BCUT2D eigenvalue weighted by Crippen LogP contribution is 2.61. The van der Waals surface area contributed by atoms with Crippen molar-refractivity contribution in [1.82, 2.24) is 5.32 Å². The predicted molar refractivity (Wildman–Crippen MR) is 130 cm³/mol. The van der Waals surface area contributed by atoms with Crippen LogP contribution in [0.1, 0.15) is 62.5 Å². The van der Waals surface area contributed by atoms with E-state index in [2.05, 4.69) is 17.4 Å². The molecule has 3 fully saturated rings. The van der Waals surface area contributed by atoms with E-state index in [9.17, 15) is 9.90 Å². The standard InChI is InChI=1S/C29H37NO3/c31-27(19-29-16-23-7-4-8-24(17-29)25(15-23)18-29)28(32)30-14-13-21-9-11-26(12-10-21)33-20-22-5-2-1-3-6-22/h1-3,5-6,9-12,23-25,27,31H,4,7-8,13-20H2,(H,30,32). The van der Waals surface area contributed by atoms with Gasteiger partial charge in [-0.15, -0.1) is 0 Å². The molecule has 33 heavy (non-hydrogen) atoms. The van der Waals surface area contributed by atoms with Gasteiger partial charge >= 0.3 is 0 Å². The van der Waals surface area contributed by atoms with E-state index in [1.165, 1.54) is 44.9 Å². The molecule has 5 unspecified atom stereocenters. The fraction of sp³-hybridized carbons (Fsp3) is 0.552. The third-order valence-electron chi connectivity index (χ3n) is 8.42. The van der Waals surface area contributed by atoms with Crippen molar-refractivity contribution in [3.63, 3.8) is 0 Å². The van der Waals surface area contributed by atoms with E-state index < -0.39 is 6.10 Å². The molecular weight excluding hydrogens is 410 g/mol. The van der Waals surface area contributed by atoms with Crippen molar-refractivity contribution in [1.29, 1.82) is 0 Å². The van der Waals surface area contributed by atoms with Crippen LogP contribution < -0.4 is 10.1 Å². The highest BCUT2D eigenvalue weighted by Gasteiger charge is 2.52. The number of carbonyl (C=O) groups excluding carboxylic acids is 1. The molecule has 5 rings (SSSR count). The SMILES string of the molecule is O=C(NCCc1ccc(OCc2ccccc2)cc1)C(O)CC12CC3CCCC(C1)C(C3)C2. The molecule has 3 aliphatic carbocycles. The number of amides is 1. The van der Waals surface area contributed by atoms with Gasteiger partial charge in [-0.25, -0.2) is 0 Å². The zero-order valence-electron chi connectivity index (χ0n) is 19.5. The Labute approximate surface area is 197 Å². The van der Waals surface area contributed by atoms with Crippen LogP contribution in [0.5, 0.6) is 5.75 Å². The van der Waals surface area contributed by atoms with Gasteiger partial charge in [-0.1, -0.05) is 61.7 Å². The molecule has 5 atom stereocenters. The monoisotopic (exact) mass is 447 g/mol. The molecule has 1 amide bonds. The number of fused-ring (bicyclic) bond motifs is 2. The summed E-state index contributed by atoms with van der Waals surface area (Å²) in [6.45, 7) is 1.10. The number of aliphatic hydroxyl groups excluding tert-OH is 1. The molecule has 2 aromatic rings. The van der Waals surface area contributed by atoms with Gasteiger partial charge in [-0.05, 0) is 85.0 Å². The van der Waals surface area contributed by atoms with Gasteiger partial charge in [0.15, 0.2) is 0 Å².